The van der Waals surface area contributed by atoms with Crippen molar-refractivity contribution in [2.45, 2.75) is 18.6 Å². The molecule has 0 amide bonds. The Hall–Kier alpha value is -0.420. The lowest BCUT2D eigenvalue weighted by Crippen LogP contribution is -2.39. The van der Waals surface area contributed by atoms with Crippen LogP contribution in [-0.4, -0.2) is 36.9 Å². The smallest absolute Gasteiger partial charge is 0.0829 e. The molecule has 0 saturated carbocycles. The van der Waals surface area contributed by atoms with Crippen LogP contribution in [0.2, 0.25) is 0 Å². The first kappa shape index (κ1) is 10.1. The summed E-state index contributed by atoms with van der Waals surface area (Å²) < 4.78 is 0. The van der Waals surface area contributed by atoms with E-state index in [9.17, 15) is 5.11 Å². The molecule has 1 saturated heterocycles. The van der Waals surface area contributed by atoms with Crippen molar-refractivity contribution in [3.63, 3.8) is 0 Å². The van der Waals surface area contributed by atoms with Gasteiger partial charge < -0.3 is 15.7 Å². The van der Waals surface area contributed by atoms with Gasteiger partial charge in [0.05, 0.1) is 6.10 Å². The summed E-state index contributed by atoms with van der Waals surface area (Å²) in [5.41, 5.74) is 0. The number of thiophene rings is 1. The quantitative estimate of drug-likeness (QED) is 0.668. The molecular formula is C10H16N2OS. The highest BCUT2D eigenvalue weighted by molar-refractivity contribution is 7.09. The summed E-state index contributed by atoms with van der Waals surface area (Å²) in [5.74, 6) is 0. The topological polar surface area (TPSA) is 44.3 Å². The van der Waals surface area contributed by atoms with Crippen LogP contribution < -0.4 is 10.6 Å². The molecule has 2 heterocycles. The standard InChI is InChI=1S/C10H16N2OS/c13-10-7-11-6-9(10)12-4-3-8-2-1-5-14-8/h1-2,5,9-13H,3-4,6-7H2/t9-,10-/m1/s1. The maximum absolute atomic E-state index is 9.52. The predicted molar refractivity (Wildman–Crippen MR) is 58.7 cm³/mol. The van der Waals surface area contributed by atoms with Gasteiger partial charge in [0, 0.05) is 30.6 Å². The van der Waals surface area contributed by atoms with Crippen molar-refractivity contribution in [3.8, 4) is 0 Å². The van der Waals surface area contributed by atoms with Gasteiger partial charge in [-0.1, -0.05) is 6.07 Å². The number of nitrogens with one attached hydrogen (secondary N) is 2. The zero-order chi connectivity index (χ0) is 9.80. The fourth-order valence-electron chi connectivity index (χ4n) is 1.71. The van der Waals surface area contributed by atoms with Crippen molar-refractivity contribution < 1.29 is 5.11 Å². The molecule has 2 rings (SSSR count). The average molecular weight is 212 g/mol. The lowest BCUT2D eigenvalue weighted by atomic mass is 10.2. The molecule has 3 nitrogen and oxygen atoms in total. The molecule has 0 aromatic carbocycles. The SMILES string of the molecule is O[C@@H]1CNC[C@H]1NCCc1cccs1. The Morgan fingerprint density at radius 1 is 1.57 bits per heavy atom. The first-order valence-corrected chi connectivity index (χ1v) is 5.89. The molecule has 1 aliphatic heterocycles. The summed E-state index contributed by atoms with van der Waals surface area (Å²) in [4.78, 5) is 1.40. The Bertz CT molecular complexity index is 263. The number of hydrogen-bond donors (Lipinski definition) is 3. The van der Waals surface area contributed by atoms with Crippen LogP contribution in [0.4, 0.5) is 0 Å². The predicted octanol–water partition coefficient (Wildman–Crippen LogP) is 0.213. The zero-order valence-corrected chi connectivity index (χ0v) is 8.89. The molecule has 14 heavy (non-hydrogen) atoms. The van der Waals surface area contributed by atoms with Crippen molar-refractivity contribution in [1.82, 2.24) is 10.6 Å². The molecule has 0 bridgehead atoms. The summed E-state index contributed by atoms with van der Waals surface area (Å²) >= 11 is 1.79. The van der Waals surface area contributed by atoms with Gasteiger partial charge in [-0.25, -0.2) is 0 Å². The first-order valence-electron chi connectivity index (χ1n) is 5.01. The molecule has 0 radical (unpaired) electrons. The van der Waals surface area contributed by atoms with Crippen LogP contribution in [0.15, 0.2) is 17.5 Å². The van der Waals surface area contributed by atoms with E-state index in [4.69, 9.17) is 0 Å². The van der Waals surface area contributed by atoms with Gasteiger partial charge in [0.1, 0.15) is 0 Å². The van der Waals surface area contributed by atoms with E-state index in [1.807, 2.05) is 0 Å². The molecule has 0 unspecified atom stereocenters. The number of β-amino-alcohol motifs (C(OH)–C–C–N with tert-alkyl or cyclic N) is 1. The minimum atomic E-state index is -0.224. The molecule has 1 aliphatic rings. The van der Waals surface area contributed by atoms with Crippen LogP contribution in [-0.2, 0) is 6.42 Å². The minimum absolute atomic E-state index is 0.224. The number of aliphatic hydroxyl groups excluding tert-OH is 1. The van der Waals surface area contributed by atoms with Gasteiger partial charge in [0.15, 0.2) is 0 Å². The number of aliphatic hydroxyl groups is 1. The molecule has 0 aliphatic carbocycles. The largest absolute Gasteiger partial charge is 0.390 e. The van der Waals surface area contributed by atoms with Crippen molar-refractivity contribution >= 4 is 11.3 Å². The Morgan fingerprint density at radius 3 is 3.14 bits per heavy atom. The fraction of sp³-hybridized carbons (Fsp3) is 0.600. The summed E-state index contributed by atoms with van der Waals surface area (Å²) in [5, 5.41) is 18.1. The molecule has 4 heteroatoms. The second-order valence-electron chi connectivity index (χ2n) is 3.62. The molecule has 0 spiro atoms. The Balaban J connectivity index is 1.68. The highest BCUT2D eigenvalue weighted by Gasteiger charge is 2.23. The van der Waals surface area contributed by atoms with Crippen LogP contribution in [0.3, 0.4) is 0 Å². The molecule has 78 valence electrons. The lowest BCUT2D eigenvalue weighted by Gasteiger charge is -2.14. The Kier molecular flexibility index (Phi) is 3.53. The van der Waals surface area contributed by atoms with E-state index in [0.717, 1.165) is 26.1 Å². The number of hydrogen-bond acceptors (Lipinski definition) is 4. The zero-order valence-electron chi connectivity index (χ0n) is 8.07. The van der Waals surface area contributed by atoms with Crippen molar-refractivity contribution in [1.29, 1.82) is 0 Å². The van der Waals surface area contributed by atoms with Gasteiger partial charge in [0.25, 0.3) is 0 Å². The molecule has 1 fully saturated rings. The van der Waals surface area contributed by atoms with E-state index >= 15 is 0 Å². The van der Waals surface area contributed by atoms with Crippen LogP contribution in [0, 0.1) is 0 Å². The average Bonchev–Trinajstić information content (AvgIpc) is 2.78. The molecule has 1 aromatic heterocycles. The summed E-state index contributed by atoms with van der Waals surface area (Å²) in [6.45, 7) is 2.55. The lowest BCUT2D eigenvalue weighted by molar-refractivity contribution is 0.163. The third kappa shape index (κ3) is 2.54. The molecule has 2 atom stereocenters. The van der Waals surface area contributed by atoms with Crippen LogP contribution >= 0.6 is 11.3 Å². The van der Waals surface area contributed by atoms with Gasteiger partial charge in [-0.15, -0.1) is 11.3 Å². The van der Waals surface area contributed by atoms with E-state index in [1.54, 1.807) is 11.3 Å². The van der Waals surface area contributed by atoms with E-state index in [0.29, 0.717) is 0 Å². The maximum atomic E-state index is 9.52. The highest BCUT2D eigenvalue weighted by atomic mass is 32.1. The monoisotopic (exact) mass is 212 g/mol. The maximum Gasteiger partial charge on any atom is 0.0829 e. The summed E-state index contributed by atoms with van der Waals surface area (Å²) in [7, 11) is 0. The minimum Gasteiger partial charge on any atom is -0.390 e. The van der Waals surface area contributed by atoms with E-state index in [-0.39, 0.29) is 12.1 Å². The van der Waals surface area contributed by atoms with Gasteiger partial charge in [-0.3, -0.25) is 0 Å². The van der Waals surface area contributed by atoms with Crippen LogP contribution in [0.5, 0.6) is 0 Å². The van der Waals surface area contributed by atoms with Crippen LogP contribution in [0.25, 0.3) is 0 Å². The van der Waals surface area contributed by atoms with E-state index in [1.165, 1.54) is 4.88 Å². The third-order valence-electron chi connectivity index (χ3n) is 2.54. The second kappa shape index (κ2) is 4.89. The van der Waals surface area contributed by atoms with Crippen LogP contribution in [0.1, 0.15) is 4.88 Å². The molecular weight excluding hydrogens is 196 g/mol. The van der Waals surface area contributed by atoms with E-state index in [2.05, 4.69) is 28.1 Å². The van der Waals surface area contributed by atoms with Gasteiger partial charge >= 0.3 is 0 Å². The van der Waals surface area contributed by atoms with Crippen molar-refractivity contribution in [2.75, 3.05) is 19.6 Å². The first-order chi connectivity index (χ1) is 6.86. The summed E-state index contributed by atoms with van der Waals surface area (Å²) in [6, 6.07) is 4.46. The van der Waals surface area contributed by atoms with Gasteiger partial charge in [0.2, 0.25) is 0 Å². The van der Waals surface area contributed by atoms with Crippen molar-refractivity contribution in [2.24, 2.45) is 0 Å². The third-order valence-corrected chi connectivity index (χ3v) is 3.48. The highest BCUT2D eigenvalue weighted by Crippen LogP contribution is 2.08. The second-order valence-corrected chi connectivity index (χ2v) is 4.65. The fourth-order valence-corrected chi connectivity index (χ4v) is 2.42. The Morgan fingerprint density at radius 2 is 2.50 bits per heavy atom. The Labute approximate surface area is 88.1 Å². The number of rotatable bonds is 4. The van der Waals surface area contributed by atoms with Gasteiger partial charge in [-0.05, 0) is 17.9 Å². The summed E-state index contributed by atoms with van der Waals surface area (Å²) in [6.07, 6.45) is 0.833. The van der Waals surface area contributed by atoms with Gasteiger partial charge in [-0.2, -0.15) is 0 Å². The normalized spacial score (nSPS) is 26.9. The molecule has 3 N–H and O–H groups in total. The molecule has 1 aromatic rings. The van der Waals surface area contributed by atoms with E-state index < -0.39 is 0 Å². The van der Waals surface area contributed by atoms with Crippen molar-refractivity contribution in [3.05, 3.63) is 22.4 Å².